The van der Waals surface area contributed by atoms with Crippen LogP contribution in [0.1, 0.15) is 31.1 Å². The van der Waals surface area contributed by atoms with Gasteiger partial charge in [-0.05, 0) is 36.4 Å². The normalized spacial score (nSPS) is 10.0. The van der Waals surface area contributed by atoms with Crippen LogP contribution in [0.2, 0.25) is 5.02 Å². The zero-order chi connectivity index (χ0) is 16.1. The van der Waals surface area contributed by atoms with Gasteiger partial charge in [0.25, 0.3) is 5.91 Å². The number of Topliss-reactive ketones (excluding diaryl/α,β-unsaturated/α-hetero) is 1. The summed E-state index contributed by atoms with van der Waals surface area (Å²) >= 11 is 5.73. The molecule has 5 nitrogen and oxygen atoms in total. The zero-order valence-corrected chi connectivity index (χ0v) is 12.1. The van der Waals surface area contributed by atoms with Gasteiger partial charge >= 0.3 is 5.97 Å². The van der Waals surface area contributed by atoms with Crippen LogP contribution >= 0.6 is 11.6 Å². The van der Waals surface area contributed by atoms with Crippen molar-refractivity contribution in [3.05, 3.63) is 70.2 Å². The number of carboxylic acid groups (broad SMARTS) is 1. The van der Waals surface area contributed by atoms with Gasteiger partial charge in [0.2, 0.25) is 0 Å². The zero-order valence-electron chi connectivity index (χ0n) is 11.4. The highest BCUT2D eigenvalue weighted by Crippen LogP contribution is 2.09. The molecule has 2 N–H and O–H groups in total. The predicted octanol–water partition coefficient (Wildman–Crippen LogP) is 2.65. The van der Waals surface area contributed by atoms with E-state index in [4.69, 9.17) is 16.7 Å². The van der Waals surface area contributed by atoms with Gasteiger partial charge in [-0.15, -0.1) is 0 Å². The third-order valence-corrected chi connectivity index (χ3v) is 3.22. The number of nitrogens with one attached hydrogen (secondary N) is 1. The summed E-state index contributed by atoms with van der Waals surface area (Å²) in [5.74, 6) is -1.75. The summed E-state index contributed by atoms with van der Waals surface area (Å²) in [5.41, 5.74) is 0.835. The standard InChI is InChI=1S/C16H12ClNO4/c17-13-7-5-11(6-8-13)15(20)18-9-14(19)10-1-3-12(4-2-10)16(21)22/h1-8H,9H2,(H,18,20)(H,21,22). The molecular formula is C16H12ClNO4. The number of carbonyl (C=O) groups excluding carboxylic acids is 2. The maximum atomic E-state index is 11.9. The van der Waals surface area contributed by atoms with E-state index in [-0.39, 0.29) is 23.8 Å². The van der Waals surface area contributed by atoms with Gasteiger partial charge in [-0.3, -0.25) is 9.59 Å². The molecule has 2 rings (SSSR count). The fourth-order valence-electron chi connectivity index (χ4n) is 1.76. The minimum absolute atomic E-state index is 0.0988. The average molecular weight is 318 g/mol. The minimum Gasteiger partial charge on any atom is -0.478 e. The molecule has 22 heavy (non-hydrogen) atoms. The summed E-state index contributed by atoms with van der Waals surface area (Å²) in [6, 6.07) is 11.8. The van der Waals surface area contributed by atoms with Gasteiger partial charge in [0, 0.05) is 16.1 Å². The first-order chi connectivity index (χ1) is 10.5. The molecule has 0 spiro atoms. The number of ketones is 1. The fourth-order valence-corrected chi connectivity index (χ4v) is 1.89. The lowest BCUT2D eigenvalue weighted by Crippen LogP contribution is -2.29. The van der Waals surface area contributed by atoms with Crippen LogP contribution in [0.4, 0.5) is 0 Å². The smallest absolute Gasteiger partial charge is 0.335 e. The van der Waals surface area contributed by atoms with Crippen LogP contribution in [0.15, 0.2) is 48.5 Å². The van der Waals surface area contributed by atoms with E-state index in [1.54, 1.807) is 24.3 Å². The van der Waals surface area contributed by atoms with Crippen molar-refractivity contribution in [1.82, 2.24) is 5.32 Å². The van der Waals surface area contributed by atoms with Crippen LogP contribution in [0.25, 0.3) is 0 Å². The summed E-state index contributed by atoms with van der Waals surface area (Å²) in [6.45, 7) is -0.173. The Morgan fingerprint density at radius 1 is 0.864 bits per heavy atom. The number of hydrogen-bond acceptors (Lipinski definition) is 3. The van der Waals surface area contributed by atoms with E-state index in [1.165, 1.54) is 24.3 Å². The second kappa shape index (κ2) is 6.87. The maximum absolute atomic E-state index is 11.9. The van der Waals surface area contributed by atoms with Gasteiger partial charge in [0.15, 0.2) is 5.78 Å². The predicted molar refractivity (Wildman–Crippen MR) is 81.5 cm³/mol. The molecule has 0 fully saturated rings. The lowest BCUT2D eigenvalue weighted by molar-refractivity contribution is 0.0696. The first-order valence-electron chi connectivity index (χ1n) is 6.37. The van der Waals surface area contributed by atoms with E-state index in [0.29, 0.717) is 16.1 Å². The first kappa shape index (κ1) is 15.7. The average Bonchev–Trinajstić information content (AvgIpc) is 2.53. The van der Waals surface area contributed by atoms with E-state index in [9.17, 15) is 14.4 Å². The summed E-state index contributed by atoms with van der Waals surface area (Å²) < 4.78 is 0. The Hall–Kier alpha value is -2.66. The number of rotatable bonds is 5. The SMILES string of the molecule is O=C(O)c1ccc(C(=O)CNC(=O)c2ccc(Cl)cc2)cc1. The first-order valence-corrected chi connectivity index (χ1v) is 6.75. The highest BCUT2D eigenvalue weighted by atomic mass is 35.5. The Balaban J connectivity index is 1.96. The molecule has 0 heterocycles. The lowest BCUT2D eigenvalue weighted by atomic mass is 10.1. The maximum Gasteiger partial charge on any atom is 0.335 e. The Kier molecular flexibility index (Phi) is 4.91. The third-order valence-electron chi connectivity index (χ3n) is 2.97. The summed E-state index contributed by atoms with van der Waals surface area (Å²) in [4.78, 5) is 34.5. The van der Waals surface area contributed by atoms with Crippen molar-refractivity contribution in [3.8, 4) is 0 Å². The highest BCUT2D eigenvalue weighted by Gasteiger charge is 2.11. The number of aromatic carboxylic acids is 1. The highest BCUT2D eigenvalue weighted by molar-refractivity contribution is 6.30. The van der Waals surface area contributed by atoms with E-state index >= 15 is 0 Å². The molecule has 0 aliphatic carbocycles. The van der Waals surface area contributed by atoms with Gasteiger partial charge in [0.05, 0.1) is 12.1 Å². The molecule has 1 amide bonds. The van der Waals surface area contributed by atoms with Crippen molar-refractivity contribution >= 4 is 29.3 Å². The number of hydrogen-bond donors (Lipinski definition) is 2. The van der Waals surface area contributed by atoms with Crippen molar-refractivity contribution in [2.75, 3.05) is 6.54 Å². The number of carboxylic acids is 1. The molecular weight excluding hydrogens is 306 g/mol. The van der Waals surface area contributed by atoms with Crippen LogP contribution in [0.5, 0.6) is 0 Å². The van der Waals surface area contributed by atoms with Gasteiger partial charge in [0.1, 0.15) is 0 Å². The molecule has 0 saturated heterocycles. The van der Waals surface area contributed by atoms with E-state index in [2.05, 4.69) is 5.32 Å². The molecule has 0 aliphatic heterocycles. The Bertz CT molecular complexity index is 708. The van der Waals surface area contributed by atoms with Crippen LogP contribution in [0, 0.1) is 0 Å². The molecule has 6 heteroatoms. The molecule has 0 unspecified atom stereocenters. The van der Waals surface area contributed by atoms with Crippen molar-refractivity contribution in [2.45, 2.75) is 0 Å². The molecule has 0 aliphatic rings. The molecule has 0 bridgehead atoms. The van der Waals surface area contributed by atoms with Crippen LogP contribution in [-0.2, 0) is 0 Å². The topological polar surface area (TPSA) is 83.5 Å². The van der Waals surface area contributed by atoms with E-state index in [0.717, 1.165) is 0 Å². The van der Waals surface area contributed by atoms with E-state index in [1.807, 2.05) is 0 Å². The summed E-state index contributed by atoms with van der Waals surface area (Å²) in [6.07, 6.45) is 0. The number of benzene rings is 2. The largest absolute Gasteiger partial charge is 0.478 e. The van der Waals surface area contributed by atoms with Gasteiger partial charge in [-0.2, -0.15) is 0 Å². The van der Waals surface area contributed by atoms with Crippen molar-refractivity contribution < 1.29 is 19.5 Å². The van der Waals surface area contributed by atoms with Gasteiger partial charge in [-0.25, -0.2) is 4.79 Å². The lowest BCUT2D eigenvalue weighted by Gasteiger charge is -2.05. The molecule has 0 aromatic heterocycles. The fraction of sp³-hybridized carbons (Fsp3) is 0.0625. The number of carbonyl (C=O) groups is 3. The van der Waals surface area contributed by atoms with Crippen molar-refractivity contribution in [3.63, 3.8) is 0 Å². The van der Waals surface area contributed by atoms with E-state index < -0.39 is 5.97 Å². The quantitative estimate of drug-likeness (QED) is 0.830. The second-order valence-corrected chi connectivity index (χ2v) is 4.93. The Morgan fingerprint density at radius 2 is 1.36 bits per heavy atom. The Morgan fingerprint density at radius 3 is 1.91 bits per heavy atom. The van der Waals surface area contributed by atoms with Gasteiger partial charge in [-0.1, -0.05) is 23.7 Å². The molecule has 0 saturated carbocycles. The summed E-state index contributed by atoms with van der Waals surface area (Å²) in [5, 5.41) is 11.8. The molecule has 2 aromatic rings. The molecule has 0 atom stereocenters. The summed E-state index contributed by atoms with van der Waals surface area (Å²) in [7, 11) is 0. The molecule has 112 valence electrons. The molecule has 0 radical (unpaired) electrons. The van der Waals surface area contributed by atoms with Crippen molar-refractivity contribution in [2.24, 2.45) is 0 Å². The monoisotopic (exact) mass is 317 g/mol. The van der Waals surface area contributed by atoms with Gasteiger partial charge < -0.3 is 10.4 Å². The number of halogens is 1. The van der Waals surface area contributed by atoms with Crippen LogP contribution in [0.3, 0.4) is 0 Å². The Labute approximate surface area is 131 Å². The van der Waals surface area contributed by atoms with Crippen LogP contribution in [-0.4, -0.2) is 29.3 Å². The second-order valence-electron chi connectivity index (χ2n) is 4.50. The molecule has 2 aromatic carbocycles. The number of amides is 1. The third kappa shape index (κ3) is 3.93. The van der Waals surface area contributed by atoms with Crippen molar-refractivity contribution in [1.29, 1.82) is 0 Å². The minimum atomic E-state index is -1.06. The van der Waals surface area contributed by atoms with Crippen LogP contribution < -0.4 is 5.32 Å².